The van der Waals surface area contributed by atoms with Crippen LogP contribution in [0, 0.1) is 0 Å². The maximum Gasteiger partial charge on any atom is 0.220 e. The Bertz CT molecular complexity index is 501. The number of carbonyl (C=O) groups is 1. The van der Waals surface area contributed by atoms with Gasteiger partial charge in [0, 0.05) is 33.1 Å². The molecule has 23 heavy (non-hydrogen) atoms. The zero-order valence-electron chi connectivity index (χ0n) is 13.9. The van der Waals surface area contributed by atoms with Gasteiger partial charge in [-0.1, -0.05) is 30.3 Å². The fraction of sp³-hybridized carbons (Fsp3) is 0.529. The van der Waals surface area contributed by atoms with Crippen LogP contribution in [-0.2, 0) is 11.3 Å². The van der Waals surface area contributed by atoms with E-state index in [4.69, 9.17) is 0 Å². The maximum absolute atomic E-state index is 11.6. The monoisotopic (exact) mass is 430 g/mol. The van der Waals surface area contributed by atoms with Crippen molar-refractivity contribution in [1.29, 1.82) is 0 Å². The van der Waals surface area contributed by atoms with Crippen LogP contribution in [0.15, 0.2) is 35.3 Å². The van der Waals surface area contributed by atoms with Gasteiger partial charge < -0.3 is 15.5 Å². The molecule has 1 fully saturated rings. The Morgan fingerprint density at radius 2 is 1.96 bits per heavy atom. The zero-order valence-corrected chi connectivity index (χ0v) is 16.2. The zero-order chi connectivity index (χ0) is 15.8. The van der Waals surface area contributed by atoms with Crippen LogP contribution in [0.2, 0.25) is 0 Å². The Morgan fingerprint density at radius 1 is 1.26 bits per heavy atom. The summed E-state index contributed by atoms with van der Waals surface area (Å²) in [6.45, 7) is 1.41. The standard InChI is InChI=1S/C17H26N4O.HI/c1-21(2)17(19-13-14-7-4-3-5-8-14)18-12-6-9-16(22)20-15-10-11-15;/h3-5,7-8,15H,6,9-13H2,1-2H3,(H,18,19)(H,20,22);1H. The summed E-state index contributed by atoms with van der Waals surface area (Å²) in [6.07, 6.45) is 3.67. The summed E-state index contributed by atoms with van der Waals surface area (Å²) in [5.41, 5.74) is 1.19. The minimum Gasteiger partial charge on any atom is -0.356 e. The first-order valence-electron chi connectivity index (χ1n) is 7.94. The minimum absolute atomic E-state index is 0. The fourth-order valence-electron chi connectivity index (χ4n) is 2.08. The van der Waals surface area contributed by atoms with Crippen molar-refractivity contribution in [3.05, 3.63) is 35.9 Å². The maximum atomic E-state index is 11.6. The summed E-state index contributed by atoms with van der Waals surface area (Å²) >= 11 is 0. The summed E-state index contributed by atoms with van der Waals surface area (Å²) in [4.78, 5) is 18.2. The predicted molar refractivity (Wildman–Crippen MR) is 105 cm³/mol. The lowest BCUT2D eigenvalue weighted by molar-refractivity contribution is -0.121. The number of nitrogens with zero attached hydrogens (tertiary/aromatic N) is 2. The first kappa shape index (κ1) is 19.7. The molecule has 0 aliphatic heterocycles. The van der Waals surface area contributed by atoms with Crippen molar-refractivity contribution < 1.29 is 4.79 Å². The molecule has 6 heteroatoms. The largest absolute Gasteiger partial charge is 0.356 e. The third-order valence-corrected chi connectivity index (χ3v) is 3.48. The van der Waals surface area contributed by atoms with Crippen LogP contribution in [0.25, 0.3) is 0 Å². The van der Waals surface area contributed by atoms with Gasteiger partial charge in [0.25, 0.3) is 0 Å². The van der Waals surface area contributed by atoms with Gasteiger partial charge in [0.05, 0.1) is 6.54 Å². The van der Waals surface area contributed by atoms with Gasteiger partial charge in [-0.3, -0.25) is 4.79 Å². The Hall–Kier alpha value is -1.31. The number of rotatable bonds is 7. The molecule has 0 heterocycles. The molecule has 1 aliphatic carbocycles. The van der Waals surface area contributed by atoms with Crippen LogP contribution in [-0.4, -0.2) is 43.4 Å². The van der Waals surface area contributed by atoms with E-state index in [1.807, 2.05) is 37.2 Å². The van der Waals surface area contributed by atoms with Gasteiger partial charge in [0.2, 0.25) is 5.91 Å². The highest BCUT2D eigenvalue weighted by molar-refractivity contribution is 14.0. The molecule has 2 N–H and O–H groups in total. The van der Waals surface area contributed by atoms with Crippen LogP contribution in [0.3, 0.4) is 0 Å². The quantitative estimate of drug-likeness (QED) is 0.302. The molecule has 1 aromatic rings. The lowest BCUT2D eigenvalue weighted by Gasteiger charge is -2.17. The van der Waals surface area contributed by atoms with Gasteiger partial charge in [-0.25, -0.2) is 4.99 Å². The molecule has 5 nitrogen and oxygen atoms in total. The van der Waals surface area contributed by atoms with Crippen molar-refractivity contribution in [1.82, 2.24) is 15.5 Å². The van der Waals surface area contributed by atoms with Gasteiger partial charge in [-0.2, -0.15) is 0 Å². The second-order valence-corrected chi connectivity index (χ2v) is 5.89. The summed E-state index contributed by atoms with van der Waals surface area (Å²) in [7, 11) is 3.94. The molecule has 1 aliphatic rings. The molecule has 0 aromatic heterocycles. The number of benzene rings is 1. The second kappa shape index (κ2) is 10.5. The third-order valence-electron chi connectivity index (χ3n) is 3.48. The van der Waals surface area contributed by atoms with Gasteiger partial charge in [-0.05, 0) is 24.8 Å². The van der Waals surface area contributed by atoms with Crippen molar-refractivity contribution in [2.45, 2.75) is 38.3 Å². The van der Waals surface area contributed by atoms with Crippen LogP contribution >= 0.6 is 24.0 Å². The number of hydrogen-bond donors (Lipinski definition) is 2. The first-order chi connectivity index (χ1) is 10.6. The molecular formula is C17H27IN4O. The molecule has 0 saturated heterocycles. The van der Waals surface area contributed by atoms with Crippen molar-refractivity contribution in [3.63, 3.8) is 0 Å². The van der Waals surface area contributed by atoms with Crippen LogP contribution < -0.4 is 10.6 Å². The molecule has 0 atom stereocenters. The van der Waals surface area contributed by atoms with E-state index in [-0.39, 0.29) is 29.9 Å². The van der Waals surface area contributed by atoms with Crippen molar-refractivity contribution >= 4 is 35.8 Å². The van der Waals surface area contributed by atoms with Crippen LogP contribution in [0.5, 0.6) is 0 Å². The number of nitrogens with one attached hydrogen (secondary N) is 2. The van der Waals surface area contributed by atoms with E-state index in [2.05, 4.69) is 27.8 Å². The fourth-order valence-corrected chi connectivity index (χ4v) is 2.08. The summed E-state index contributed by atoms with van der Waals surface area (Å²) in [5, 5.41) is 6.31. The first-order valence-corrected chi connectivity index (χ1v) is 7.94. The highest BCUT2D eigenvalue weighted by Crippen LogP contribution is 2.18. The molecule has 0 radical (unpaired) electrons. The van der Waals surface area contributed by atoms with Crippen molar-refractivity contribution in [2.75, 3.05) is 20.6 Å². The summed E-state index contributed by atoms with van der Waals surface area (Å²) in [5.74, 6) is 1.02. The lowest BCUT2D eigenvalue weighted by atomic mass is 10.2. The van der Waals surface area contributed by atoms with Gasteiger partial charge in [0.1, 0.15) is 0 Å². The Balaban J connectivity index is 0.00000264. The Morgan fingerprint density at radius 3 is 2.57 bits per heavy atom. The van der Waals surface area contributed by atoms with Crippen molar-refractivity contribution in [2.24, 2.45) is 4.99 Å². The third kappa shape index (κ3) is 8.20. The number of guanidine groups is 1. The lowest BCUT2D eigenvalue weighted by Crippen LogP contribution is -2.37. The Kier molecular flexibility index (Phi) is 8.98. The SMILES string of the molecule is CN(C)C(=NCc1ccccc1)NCCCC(=O)NC1CC1.I. The number of carbonyl (C=O) groups excluding carboxylic acids is 1. The van der Waals surface area contributed by atoms with E-state index in [1.165, 1.54) is 5.56 Å². The average molecular weight is 430 g/mol. The van der Waals surface area contributed by atoms with E-state index in [0.717, 1.165) is 31.8 Å². The summed E-state index contributed by atoms with van der Waals surface area (Å²) in [6, 6.07) is 10.6. The number of halogens is 1. The van der Waals surface area contributed by atoms with E-state index in [0.29, 0.717) is 19.0 Å². The van der Waals surface area contributed by atoms with E-state index >= 15 is 0 Å². The smallest absolute Gasteiger partial charge is 0.220 e. The molecule has 1 aromatic carbocycles. The normalized spacial score (nSPS) is 13.9. The predicted octanol–water partition coefficient (Wildman–Crippen LogP) is 2.37. The molecule has 1 saturated carbocycles. The molecule has 0 unspecified atom stereocenters. The van der Waals surface area contributed by atoms with Crippen molar-refractivity contribution in [3.8, 4) is 0 Å². The summed E-state index contributed by atoms with van der Waals surface area (Å²) < 4.78 is 0. The second-order valence-electron chi connectivity index (χ2n) is 5.89. The minimum atomic E-state index is 0. The molecule has 2 rings (SSSR count). The van der Waals surface area contributed by atoms with E-state index < -0.39 is 0 Å². The van der Waals surface area contributed by atoms with Gasteiger partial charge in [0.15, 0.2) is 5.96 Å². The molecule has 1 amide bonds. The topological polar surface area (TPSA) is 56.7 Å². The number of hydrogen-bond acceptors (Lipinski definition) is 2. The number of amides is 1. The average Bonchev–Trinajstić information content (AvgIpc) is 3.31. The van der Waals surface area contributed by atoms with Crippen LogP contribution in [0.4, 0.5) is 0 Å². The van der Waals surface area contributed by atoms with Gasteiger partial charge >= 0.3 is 0 Å². The molecule has 0 bridgehead atoms. The highest BCUT2D eigenvalue weighted by atomic mass is 127. The molecule has 0 spiro atoms. The van der Waals surface area contributed by atoms with E-state index in [1.54, 1.807) is 0 Å². The highest BCUT2D eigenvalue weighted by Gasteiger charge is 2.22. The van der Waals surface area contributed by atoms with Gasteiger partial charge in [-0.15, -0.1) is 24.0 Å². The molecular weight excluding hydrogens is 403 g/mol. The van der Waals surface area contributed by atoms with Crippen LogP contribution in [0.1, 0.15) is 31.2 Å². The number of aliphatic imine (C=N–C) groups is 1. The van der Waals surface area contributed by atoms with E-state index in [9.17, 15) is 4.79 Å². The Labute approximate surface area is 156 Å². The molecule has 128 valence electrons.